The summed E-state index contributed by atoms with van der Waals surface area (Å²) < 4.78 is 12.5. The molecule has 0 saturated heterocycles. The highest BCUT2D eigenvalue weighted by atomic mass is 35.5. The normalized spacial score (nSPS) is 11.2. The molecule has 2 N–H and O–H groups in total. The number of nitrogen functional groups attached to an aromatic ring is 1. The first-order valence-electron chi connectivity index (χ1n) is 10.6. The first kappa shape index (κ1) is 21.9. The van der Waals surface area contributed by atoms with Crippen molar-refractivity contribution in [3.63, 3.8) is 0 Å². The minimum Gasteiger partial charge on any atom is -0.495 e. The van der Waals surface area contributed by atoms with Crippen LogP contribution in [0.2, 0.25) is 5.02 Å². The maximum Gasteiger partial charge on any atom is 0.344 e. The lowest BCUT2D eigenvalue weighted by atomic mass is 10.2. The van der Waals surface area contributed by atoms with Gasteiger partial charge in [-0.15, -0.1) is 0 Å². The zero-order chi connectivity index (χ0) is 22.7. The van der Waals surface area contributed by atoms with Gasteiger partial charge in [0, 0.05) is 0 Å². The fourth-order valence-corrected chi connectivity index (χ4v) is 3.94. The molecule has 0 aliphatic rings. The van der Waals surface area contributed by atoms with Crippen molar-refractivity contribution in [1.29, 1.82) is 0 Å². The molecule has 7 nitrogen and oxygen atoms in total. The number of carbonyl (C=O) groups is 1. The monoisotopic (exact) mass is 452 g/mol. The summed E-state index contributed by atoms with van der Waals surface area (Å²) in [5.74, 6) is 0.232. The quantitative estimate of drug-likeness (QED) is 0.278. The fraction of sp³-hybridized carbons (Fsp3) is 0.292. The molecule has 0 saturated carbocycles. The van der Waals surface area contributed by atoms with E-state index in [4.69, 9.17) is 36.8 Å². The Hall–Kier alpha value is -3.32. The standard InChI is InChI=1S/C24H25ClN4O3/c1-3-4-5-8-13-32-24(30)20-21-23(28-18-10-7-6-9-17(18)27-21)29(22(20)26)15-11-12-19(31-2)16(25)14-15/h6-7,9-12,14H,3-5,8,13,26H2,1-2H3. The van der Waals surface area contributed by atoms with Crippen molar-refractivity contribution in [3.05, 3.63) is 53.1 Å². The molecule has 2 aromatic carbocycles. The van der Waals surface area contributed by atoms with E-state index in [1.165, 1.54) is 0 Å². The minimum atomic E-state index is -0.507. The van der Waals surface area contributed by atoms with Crippen LogP contribution in [0.1, 0.15) is 43.0 Å². The van der Waals surface area contributed by atoms with Crippen LogP contribution in [-0.2, 0) is 4.74 Å². The highest BCUT2D eigenvalue weighted by Gasteiger charge is 2.26. The van der Waals surface area contributed by atoms with Crippen molar-refractivity contribution in [2.45, 2.75) is 32.6 Å². The van der Waals surface area contributed by atoms with Crippen molar-refractivity contribution in [3.8, 4) is 11.4 Å². The third-order valence-corrected chi connectivity index (χ3v) is 5.62. The predicted octanol–water partition coefficient (Wildman–Crippen LogP) is 5.56. The van der Waals surface area contributed by atoms with E-state index in [0.29, 0.717) is 45.3 Å². The van der Waals surface area contributed by atoms with Crippen LogP contribution in [0.5, 0.6) is 5.75 Å². The summed E-state index contributed by atoms with van der Waals surface area (Å²) >= 11 is 6.35. The van der Waals surface area contributed by atoms with Gasteiger partial charge in [0.1, 0.15) is 22.6 Å². The van der Waals surface area contributed by atoms with Crippen molar-refractivity contribution in [2.75, 3.05) is 19.5 Å². The minimum absolute atomic E-state index is 0.204. The van der Waals surface area contributed by atoms with E-state index < -0.39 is 5.97 Å². The molecule has 2 aromatic heterocycles. The van der Waals surface area contributed by atoms with Crippen molar-refractivity contribution in [2.24, 2.45) is 0 Å². The number of ether oxygens (including phenoxy) is 2. The zero-order valence-electron chi connectivity index (χ0n) is 18.1. The van der Waals surface area contributed by atoms with Crippen LogP contribution >= 0.6 is 11.6 Å². The highest BCUT2D eigenvalue weighted by molar-refractivity contribution is 6.32. The summed E-state index contributed by atoms with van der Waals surface area (Å²) in [6.07, 6.45) is 4.03. The lowest BCUT2D eigenvalue weighted by Gasteiger charge is -2.10. The Bertz CT molecular complexity index is 1290. The molecular weight excluding hydrogens is 428 g/mol. The molecule has 0 atom stereocenters. The van der Waals surface area contributed by atoms with Crippen LogP contribution in [0, 0.1) is 0 Å². The maximum atomic E-state index is 13.0. The summed E-state index contributed by atoms with van der Waals surface area (Å²) in [7, 11) is 1.55. The van der Waals surface area contributed by atoms with E-state index >= 15 is 0 Å². The number of fused-ring (bicyclic) bond motifs is 2. The number of esters is 1. The lowest BCUT2D eigenvalue weighted by Crippen LogP contribution is -2.10. The van der Waals surface area contributed by atoms with Crippen LogP contribution in [-0.4, -0.2) is 34.2 Å². The van der Waals surface area contributed by atoms with E-state index in [-0.39, 0.29) is 11.4 Å². The van der Waals surface area contributed by atoms with Crippen LogP contribution in [0.4, 0.5) is 5.82 Å². The summed E-state index contributed by atoms with van der Waals surface area (Å²) in [6.45, 7) is 2.47. The van der Waals surface area contributed by atoms with Crippen LogP contribution < -0.4 is 10.5 Å². The summed E-state index contributed by atoms with van der Waals surface area (Å²) in [6, 6.07) is 12.7. The Morgan fingerprint density at radius 1 is 1.09 bits per heavy atom. The van der Waals surface area contributed by atoms with E-state index in [0.717, 1.165) is 25.7 Å². The molecule has 8 heteroatoms. The van der Waals surface area contributed by atoms with Crippen molar-refractivity contribution in [1.82, 2.24) is 14.5 Å². The lowest BCUT2D eigenvalue weighted by molar-refractivity contribution is 0.0501. The second-order valence-electron chi connectivity index (χ2n) is 7.50. The molecule has 0 fully saturated rings. The summed E-state index contributed by atoms with van der Waals surface area (Å²) in [4.78, 5) is 22.5. The average molecular weight is 453 g/mol. The third kappa shape index (κ3) is 4.08. The molecule has 2 heterocycles. The van der Waals surface area contributed by atoms with Gasteiger partial charge in [0.05, 0.1) is 35.5 Å². The van der Waals surface area contributed by atoms with E-state index in [9.17, 15) is 4.79 Å². The summed E-state index contributed by atoms with van der Waals surface area (Å²) in [5.41, 5.74) is 9.56. The van der Waals surface area contributed by atoms with Crippen LogP contribution in [0.25, 0.3) is 27.9 Å². The number of anilines is 1. The van der Waals surface area contributed by atoms with Gasteiger partial charge < -0.3 is 15.2 Å². The number of methoxy groups -OCH3 is 1. The second-order valence-corrected chi connectivity index (χ2v) is 7.90. The smallest absolute Gasteiger partial charge is 0.344 e. The number of nitrogens with zero attached hydrogens (tertiary/aromatic N) is 3. The van der Waals surface area contributed by atoms with Gasteiger partial charge in [-0.25, -0.2) is 14.8 Å². The highest BCUT2D eigenvalue weighted by Crippen LogP contribution is 2.34. The van der Waals surface area contributed by atoms with E-state index in [1.54, 1.807) is 29.9 Å². The number of rotatable bonds is 8. The molecule has 166 valence electrons. The molecule has 0 bridgehead atoms. The van der Waals surface area contributed by atoms with Crippen molar-refractivity contribution >= 4 is 45.6 Å². The molecule has 0 radical (unpaired) electrons. The topological polar surface area (TPSA) is 92.3 Å². The Morgan fingerprint density at radius 2 is 1.84 bits per heavy atom. The van der Waals surface area contributed by atoms with Gasteiger partial charge in [0.15, 0.2) is 5.65 Å². The molecule has 32 heavy (non-hydrogen) atoms. The molecule has 0 unspecified atom stereocenters. The first-order chi connectivity index (χ1) is 15.5. The number of hydrogen-bond acceptors (Lipinski definition) is 6. The number of carbonyl (C=O) groups excluding carboxylic acids is 1. The van der Waals surface area contributed by atoms with Gasteiger partial charge >= 0.3 is 5.97 Å². The predicted molar refractivity (Wildman–Crippen MR) is 127 cm³/mol. The number of halogens is 1. The Labute approximate surface area is 191 Å². The SMILES string of the molecule is CCCCCCOC(=O)c1c(N)n(-c2ccc(OC)c(Cl)c2)c2nc3ccccc3nc12. The van der Waals surface area contributed by atoms with Gasteiger partial charge in [-0.2, -0.15) is 0 Å². The van der Waals surface area contributed by atoms with Gasteiger partial charge in [-0.05, 0) is 36.8 Å². The number of para-hydroxylation sites is 2. The van der Waals surface area contributed by atoms with Gasteiger partial charge in [-0.1, -0.05) is 49.9 Å². The fourth-order valence-electron chi connectivity index (χ4n) is 3.68. The Balaban J connectivity index is 1.84. The molecular formula is C24H25ClN4O3. The van der Waals surface area contributed by atoms with E-state index in [2.05, 4.69) is 6.92 Å². The van der Waals surface area contributed by atoms with Gasteiger partial charge in [0.25, 0.3) is 0 Å². The molecule has 0 spiro atoms. The Morgan fingerprint density at radius 3 is 2.53 bits per heavy atom. The molecule has 0 aliphatic carbocycles. The number of aromatic nitrogens is 3. The largest absolute Gasteiger partial charge is 0.495 e. The van der Waals surface area contributed by atoms with Crippen LogP contribution in [0.15, 0.2) is 42.5 Å². The van der Waals surface area contributed by atoms with E-state index in [1.807, 2.05) is 24.3 Å². The zero-order valence-corrected chi connectivity index (χ0v) is 18.9. The molecule has 0 amide bonds. The molecule has 4 aromatic rings. The number of hydrogen-bond donors (Lipinski definition) is 1. The number of benzene rings is 2. The van der Waals surface area contributed by atoms with Crippen molar-refractivity contribution < 1.29 is 14.3 Å². The second kappa shape index (κ2) is 9.44. The third-order valence-electron chi connectivity index (χ3n) is 5.33. The molecule has 4 rings (SSSR count). The maximum absolute atomic E-state index is 13.0. The van der Waals surface area contributed by atoms with Gasteiger partial charge in [0.2, 0.25) is 0 Å². The van der Waals surface area contributed by atoms with Gasteiger partial charge in [-0.3, -0.25) is 4.57 Å². The number of unbranched alkanes of at least 4 members (excludes halogenated alkanes) is 3. The number of nitrogens with two attached hydrogens (primary N) is 1. The Kier molecular flexibility index (Phi) is 6.46. The average Bonchev–Trinajstić information content (AvgIpc) is 3.07. The van der Waals surface area contributed by atoms with Crippen LogP contribution in [0.3, 0.4) is 0 Å². The first-order valence-corrected chi connectivity index (χ1v) is 11.0. The molecule has 0 aliphatic heterocycles. The summed E-state index contributed by atoms with van der Waals surface area (Å²) in [5, 5.41) is 0.417.